The molecule has 2 aromatic rings. The summed E-state index contributed by atoms with van der Waals surface area (Å²) in [7, 11) is 3.30. The molecule has 0 radical (unpaired) electrons. The van der Waals surface area contributed by atoms with Crippen LogP contribution in [-0.4, -0.2) is 54.2 Å². The summed E-state index contributed by atoms with van der Waals surface area (Å²) in [5.74, 6) is 0.211. The Morgan fingerprint density at radius 2 is 1.97 bits per heavy atom. The van der Waals surface area contributed by atoms with E-state index in [1.807, 2.05) is 53.6 Å². The number of amidine groups is 1. The van der Waals surface area contributed by atoms with Crippen molar-refractivity contribution in [3.8, 4) is 0 Å². The molecule has 1 aromatic carbocycles. The van der Waals surface area contributed by atoms with E-state index in [1.54, 1.807) is 31.4 Å². The summed E-state index contributed by atoms with van der Waals surface area (Å²) in [4.78, 5) is 34.4. The van der Waals surface area contributed by atoms with Crippen molar-refractivity contribution in [1.82, 2.24) is 9.80 Å². The molecule has 0 bridgehead atoms. The second kappa shape index (κ2) is 10.8. The number of amides is 1. The number of hydrogen-bond acceptors (Lipinski definition) is 8. The van der Waals surface area contributed by atoms with E-state index in [9.17, 15) is 9.59 Å². The SMILES string of the molecule is COCCOC(=O)C1=C(C)N=C2SC=C(CC(=O)N(C)Cc3ccco3)N2[C@@H]1c1ccccc1. The van der Waals surface area contributed by atoms with Gasteiger partial charge in [0.2, 0.25) is 5.91 Å². The molecule has 0 unspecified atom stereocenters. The zero-order chi connectivity index (χ0) is 24.1. The Labute approximate surface area is 202 Å². The van der Waals surface area contributed by atoms with Gasteiger partial charge in [0.05, 0.1) is 43.1 Å². The molecular weight excluding hydrogens is 454 g/mol. The monoisotopic (exact) mass is 481 g/mol. The van der Waals surface area contributed by atoms with E-state index in [0.29, 0.717) is 30.2 Å². The lowest BCUT2D eigenvalue weighted by Gasteiger charge is -2.36. The molecule has 1 atom stereocenters. The van der Waals surface area contributed by atoms with E-state index in [1.165, 1.54) is 11.8 Å². The molecule has 34 heavy (non-hydrogen) atoms. The number of carbonyl (C=O) groups excluding carboxylic acids is 2. The Balaban J connectivity index is 1.60. The minimum atomic E-state index is -0.451. The van der Waals surface area contributed by atoms with Crippen LogP contribution in [0.2, 0.25) is 0 Å². The van der Waals surface area contributed by atoms with E-state index in [4.69, 9.17) is 13.9 Å². The second-order valence-corrected chi connectivity index (χ2v) is 8.77. The Morgan fingerprint density at radius 3 is 2.68 bits per heavy atom. The second-order valence-electron chi connectivity index (χ2n) is 7.94. The average Bonchev–Trinajstić information content (AvgIpc) is 3.48. The van der Waals surface area contributed by atoms with Crippen molar-refractivity contribution in [3.63, 3.8) is 0 Å². The molecule has 2 aliphatic heterocycles. The van der Waals surface area contributed by atoms with Crippen molar-refractivity contribution < 1.29 is 23.5 Å². The summed E-state index contributed by atoms with van der Waals surface area (Å²) in [6.45, 7) is 2.65. The minimum absolute atomic E-state index is 0.0631. The van der Waals surface area contributed by atoms with Gasteiger partial charge in [0.25, 0.3) is 0 Å². The Kier molecular flexibility index (Phi) is 7.54. The standard InChI is InChI=1S/C25H27N3O5S/c1-17-22(24(30)33-13-12-31-3)23(18-8-5-4-6-9-18)28-19(16-34-25(28)26-17)14-21(29)27(2)15-20-10-7-11-32-20/h4-11,16,23H,12-15H2,1-3H3/t23-/m1/s1. The highest BCUT2D eigenvalue weighted by Crippen LogP contribution is 2.44. The first-order valence-corrected chi connectivity index (χ1v) is 11.8. The van der Waals surface area contributed by atoms with Gasteiger partial charge in [-0.15, -0.1) is 0 Å². The van der Waals surface area contributed by atoms with Gasteiger partial charge in [-0.1, -0.05) is 42.1 Å². The highest BCUT2D eigenvalue weighted by atomic mass is 32.2. The molecule has 3 heterocycles. The lowest BCUT2D eigenvalue weighted by molar-refractivity contribution is -0.141. The van der Waals surface area contributed by atoms with Crippen LogP contribution in [0.4, 0.5) is 0 Å². The lowest BCUT2D eigenvalue weighted by Crippen LogP contribution is -2.38. The molecule has 0 aliphatic carbocycles. The number of hydrogen-bond donors (Lipinski definition) is 0. The molecule has 1 aromatic heterocycles. The Morgan fingerprint density at radius 1 is 1.18 bits per heavy atom. The maximum Gasteiger partial charge on any atom is 0.338 e. The summed E-state index contributed by atoms with van der Waals surface area (Å²) >= 11 is 1.45. The fourth-order valence-electron chi connectivity index (χ4n) is 3.89. The number of rotatable bonds is 9. The van der Waals surface area contributed by atoms with Gasteiger partial charge in [-0.2, -0.15) is 0 Å². The van der Waals surface area contributed by atoms with Gasteiger partial charge in [-0.25, -0.2) is 9.79 Å². The normalized spacial score (nSPS) is 17.3. The first-order chi connectivity index (χ1) is 16.5. The molecule has 1 amide bonds. The Hall–Kier alpha value is -3.30. The molecule has 9 heteroatoms. The van der Waals surface area contributed by atoms with Gasteiger partial charge >= 0.3 is 5.97 Å². The van der Waals surface area contributed by atoms with Crippen molar-refractivity contribution >= 4 is 28.8 Å². The molecule has 2 aliphatic rings. The highest BCUT2D eigenvalue weighted by molar-refractivity contribution is 8.16. The van der Waals surface area contributed by atoms with E-state index >= 15 is 0 Å². The molecule has 178 valence electrons. The summed E-state index contributed by atoms with van der Waals surface area (Å²) in [6, 6.07) is 12.9. The fourth-order valence-corrected chi connectivity index (χ4v) is 4.86. The van der Waals surface area contributed by atoms with Gasteiger partial charge in [-0.3, -0.25) is 4.79 Å². The lowest BCUT2D eigenvalue weighted by atomic mass is 9.94. The number of aliphatic imine (C=N–C) groups is 1. The third-order valence-electron chi connectivity index (χ3n) is 5.59. The van der Waals surface area contributed by atoms with Crippen molar-refractivity contribution in [3.05, 3.63) is 82.4 Å². The maximum atomic E-state index is 13.1. The summed E-state index contributed by atoms with van der Waals surface area (Å²) in [5.41, 5.74) is 2.75. The number of furan rings is 1. The number of fused-ring (bicyclic) bond motifs is 1. The van der Waals surface area contributed by atoms with Crippen LogP contribution in [0.25, 0.3) is 0 Å². The molecule has 0 saturated heterocycles. The van der Waals surface area contributed by atoms with Crippen LogP contribution in [0, 0.1) is 0 Å². The van der Waals surface area contributed by atoms with Crippen molar-refractivity contribution in [2.75, 3.05) is 27.4 Å². The predicted molar refractivity (Wildman–Crippen MR) is 129 cm³/mol. The number of methoxy groups -OCH3 is 1. The van der Waals surface area contributed by atoms with Crippen molar-refractivity contribution in [2.24, 2.45) is 4.99 Å². The van der Waals surface area contributed by atoms with Crippen LogP contribution in [0.1, 0.15) is 30.7 Å². The molecule has 0 N–H and O–H groups in total. The van der Waals surface area contributed by atoms with Crippen LogP contribution in [-0.2, 0) is 25.6 Å². The van der Waals surface area contributed by atoms with Gasteiger partial charge in [0, 0.05) is 19.9 Å². The van der Waals surface area contributed by atoms with Gasteiger partial charge in [-0.05, 0) is 30.0 Å². The quantitative estimate of drug-likeness (QED) is 0.394. The molecule has 0 spiro atoms. The van der Waals surface area contributed by atoms with Crippen molar-refractivity contribution in [2.45, 2.75) is 25.9 Å². The third kappa shape index (κ3) is 5.10. The summed E-state index contributed by atoms with van der Waals surface area (Å²) in [6.07, 6.45) is 1.75. The molecule has 8 nitrogen and oxygen atoms in total. The van der Waals surface area contributed by atoms with E-state index in [-0.39, 0.29) is 18.9 Å². The number of carbonyl (C=O) groups is 2. The highest BCUT2D eigenvalue weighted by Gasteiger charge is 2.41. The predicted octanol–water partition coefficient (Wildman–Crippen LogP) is 4.09. The van der Waals surface area contributed by atoms with Crippen LogP contribution in [0.15, 0.2) is 80.5 Å². The molecule has 0 saturated carbocycles. The van der Waals surface area contributed by atoms with Crippen LogP contribution in [0.5, 0.6) is 0 Å². The number of allylic oxidation sites excluding steroid dienone is 1. The van der Waals surface area contributed by atoms with Crippen LogP contribution in [0.3, 0.4) is 0 Å². The average molecular weight is 482 g/mol. The molecular formula is C25H27N3O5S. The largest absolute Gasteiger partial charge is 0.467 e. The zero-order valence-corrected chi connectivity index (χ0v) is 20.2. The molecule has 0 fully saturated rings. The topological polar surface area (TPSA) is 84.6 Å². The first kappa shape index (κ1) is 23.8. The smallest absolute Gasteiger partial charge is 0.338 e. The van der Waals surface area contributed by atoms with Crippen LogP contribution < -0.4 is 0 Å². The maximum absolute atomic E-state index is 13.1. The van der Waals surface area contributed by atoms with Crippen LogP contribution >= 0.6 is 11.8 Å². The minimum Gasteiger partial charge on any atom is -0.467 e. The third-order valence-corrected chi connectivity index (χ3v) is 6.48. The number of ether oxygens (including phenoxy) is 2. The van der Waals surface area contributed by atoms with Gasteiger partial charge < -0.3 is 23.7 Å². The van der Waals surface area contributed by atoms with E-state index < -0.39 is 12.0 Å². The van der Waals surface area contributed by atoms with Gasteiger partial charge in [0.1, 0.15) is 12.4 Å². The van der Waals surface area contributed by atoms with E-state index in [2.05, 4.69) is 4.99 Å². The zero-order valence-electron chi connectivity index (χ0n) is 19.4. The number of thioether (sulfide) groups is 1. The summed E-state index contributed by atoms with van der Waals surface area (Å²) < 4.78 is 15.9. The van der Waals surface area contributed by atoms with Crippen molar-refractivity contribution in [1.29, 1.82) is 0 Å². The summed E-state index contributed by atoms with van der Waals surface area (Å²) in [5, 5.41) is 2.66. The molecule has 4 rings (SSSR count). The number of benzene rings is 1. The number of nitrogens with zero attached hydrogens (tertiary/aromatic N) is 3. The number of esters is 1. The van der Waals surface area contributed by atoms with E-state index in [0.717, 1.165) is 16.4 Å². The Bertz CT molecular complexity index is 1120. The first-order valence-electron chi connectivity index (χ1n) is 10.9. The fraction of sp³-hybridized carbons (Fsp3) is 0.320. The van der Waals surface area contributed by atoms with Gasteiger partial charge in [0.15, 0.2) is 5.17 Å².